The van der Waals surface area contributed by atoms with E-state index in [0.29, 0.717) is 30.0 Å². The molecule has 0 fully saturated rings. The molecule has 30 heavy (non-hydrogen) atoms. The van der Waals surface area contributed by atoms with Crippen LogP contribution < -0.4 is 5.32 Å². The summed E-state index contributed by atoms with van der Waals surface area (Å²) < 4.78 is 15.1. The van der Waals surface area contributed by atoms with E-state index in [4.69, 9.17) is 0 Å². The minimum absolute atomic E-state index is 0.234. The molecule has 3 aromatic heterocycles. The SMILES string of the molecule is Cc1ncncc1C(=O)NCCn1nc(-c2ccc(F)cc2)cc1-c1cccnc1. The molecule has 7 nitrogen and oxygen atoms in total. The van der Waals surface area contributed by atoms with E-state index in [9.17, 15) is 9.18 Å². The third kappa shape index (κ3) is 4.22. The standard InChI is InChI=1S/C22H19FN6O/c1-15-19(13-25-14-27-15)22(30)26-9-10-29-21(17-3-2-8-24-12-17)11-20(28-29)16-4-6-18(23)7-5-16/h2-8,11-14H,9-10H2,1H3,(H,26,30). The zero-order valence-electron chi connectivity index (χ0n) is 16.3. The van der Waals surface area contributed by atoms with E-state index < -0.39 is 0 Å². The number of aryl methyl sites for hydroxylation is 1. The fourth-order valence-electron chi connectivity index (χ4n) is 3.08. The first-order valence-corrected chi connectivity index (χ1v) is 9.41. The predicted molar refractivity (Wildman–Crippen MR) is 110 cm³/mol. The van der Waals surface area contributed by atoms with Gasteiger partial charge in [-0.2, -0.15) is 5.10 Å². The van der Waals surface area contributed by atoms with Crippen LogP contribution in [0.1, 0.15) is 16.1 Å². The molecule has 1 aromatic carbocycles. The van der Waals surface area contributed by atoms with Crippen molar-refractivity contribution < 1.29 is 9.18 Å². The molecule has 0 aliphatic rings. The maximum absolute atomic E-state index is 13.3. The average molecular weight is 402 g/mol. The summed E-state index contributed by atoms with van der Waals surface area (Å²) in [6.07, 6.45) is 6.37. The Kier molecular flexibility index (Phi) is 5.56. The highest BCUT2D eigenvalue weighted by atomic mass is 19.1. The van der Waals surface area contributed by atoms with Crippen molar-refractivity contribution in [1.82, 2.24) is 30.0 Å². The van der Waals surface area contributed by atoms with Crippen LogP contribution in [0.15, 0.2) is 67.4 Å². The molecular formula is C22H19FN6O. The molecule has 8 heteroatoms. The van der Waals surface area contributed by atoms with Crippen LogP contribution in [0.5, 0.6) is 0 Å². The van der Waals surface area contributed by atoms with Crippen molar-refractivity contribution in [1.29, 1.82) is 0 Å². The molecule has 0 spiro atoms. The number of hydrogen-bond acceptors (Lipinski definition) is 5. The second kappa shape index (κ2) is 8.60. The topological polar surface area (TPSA) is 85.6 Å². The largest absolute Gasteiger partial charge is 0.350 e. The molecule has 0 saturated carbocycles. The second-order valence-electron chi connectivity index (χ2n) is 6.66. The summed E-state index contributed by atoms with van der Waals surface area (Å²) >= 11 is 0. The average Bonchev–Trinajstić information content (AvgIpc) is 3.19. The number of aromatic nitrogens is 5. The van der Waals surface area contributed by atoms with Crippen molar-refractivity contribution in [3.63, 3.8) is 0 Å². The molecule has 150 valence electrons. The number of carbonyl (C=O) groups is 1. The van der Waals surface area contributed by atoms with Crippen LogP contribution in [0.25, 0.3) is 22.5 Å². The fourth-order valence-corrected chi connectivity index (χ4v) is 3.08. The molecule has 3 heterocycles. The lowest BCUT2D eigenvalue weighted by atomic mass is 10.1. The Morgan fingerprint density at radius 3 is 2.67 bits per heavy atom. The van der Waals surface area contributed by atoms with Crippen LogP contribution >= 0.6 is 0 Å². The molecule has 0 bridgehead atoms. The number of benzene rings is 1. The van der Waals surface area contributed by atoms with Gasteiger partial charge in [0.1, 0.15) is 12.1 Å². The zero-order valence-corrected chi connectivity index (χ0v) is 16.3. The van der Waals surface area contributed by atoms with Gasteiger partial charge in [-0.05, 0) is 49.4 Å². The van der Waals surface area contributed by atoms with Gasteiger partial charge in [-0.25, -0.2) is 14.4 Å². The van der Waals surface area contributed by atoms with Crippen molar-refractivity contribution in [3.05, 3.63) is 84.5 Å². The smallest absolute Gasteiger partial charge is 0.254 e. The Hall–Kier alpha value is -3.94. The van der Waals surface area contributed by atoms with Crippen LogP contribution in [-0.2, 0) is 6.54 Å². The minimum Gasteiger partial charge on any atom is -0.350 e. The van der Waals surface area contributed by atoms with Crippen LogP contribution in [0, 0.1) is 12.7 Å². The van der Waals surface area contributed by atoms with Crippen molar-refractivity contribution in [2.24, 2.45) is 0 Å². The van der Waals surface area contributed by atoms with E-state index in [1.165, 1.54) is 24.7 Å². The lowest BCUT2D eigenvalue weighted by Gasteiger charge is -2.09. The molecular weight excluding hydrogens is 383 g/mol. The van der Waals surface area contributed by atoms with E-state index in [2.05, 4.69) is 25.4 Å². The lowest BCUT2D eigenvalue weighted by molar-refractivity contribution is 0.0950. The number of rotatable bonds is 6. The summed E-state index contributed by atoms with van der Waals surface area (Å²) in [4.78, 5) is 24.5. The van der Waals surface area contributed by atoms with Gasteiger partial charge in [-0.15, -0.1) is 0 Å². The number of amides is 1. The van der Waals surface area contributed by atoms with Gasteiger partial charge in [0, 0.05) is 36.3 Å². The van der Waals surface area contributed by atoms with Crippen LogP contribution in [0.2, 0.25) is 0 Å². The van der Waals surface area contributed by atoms with Crippen molar-refractivity contribution in [2.75, 3.05) is 6.54 Å². The van der Waals surface area contributed by atoms with Gasteiger partial charge in [0.05, 0.1) is 29.2 Å². The Labute approximate surface area is 172 Å². The van der Waals surface area contributed by atoms with Crippen molar-refractivity contribution >= 4 is 5.91 Å². The predicted octanol–water partition coefficient (Wildman–Crippen LogP) is 3.28. The summed E-state index contributed by atoms with van der Waals surface area (Å²) in [5, 5.41) is 7.54. The van der Waals surface area contributed by atoms with E-state index in [1.54, 1.807) is 31.5 Å². The van der Waals surface area contributed by atoms with E-state index in [1.807, 2.05) is 22.9 Å². The van der Waals surface area contributed by atoms with Gasteiger partial charge >= 0.3 is 0 Å². The number of carbonyl (C=O) groups excluding carboxylic acids is 1. The zero-order chi connectivity index (χ0) is 20.9. The van der Waals surface area contributed by atoms with E-state index >= 15 is 0 Å². The third-order valence-corrected chi connectivity index (χ3v) is 4.64. The van der Waals surface area contributed by atoms with E-state index in [0.717, 1.165) is 16.8 Å². The minimum atomic E-state index is -0.298. The maximum atomic E-state index is 13.3. The number of nitrogens with one attached hydrogen (secondary N) is 1. The summed E-state index contributed by atoms with van der Waals surface area (Å²) in [5.74, 6) is -0.532. The molecule has 0 aliphatic carbocycles. The molecule has 4 aromatic rings. The lowest BCUT2D eigenvalue weighted by Crippen LogP contribution is -2.28. The molecule has 0 radical (unpaired) electrons. The van der Waals surface area contributed by atoms with Gasteiger partial charge in [-0.3, -0.25) is 14.5 Å². The molecule has 1 N–H and O–H groups in total. The molecule has 0 aliphatic heterocycles. The number of nitrogens with zero attached hydrogens (tertiary/aromatic N) is 5. The molecule has 1 amide bonds. The summed E-state index contributed by atoms with van der Waals surface area (Å²) in [7, 11) is 0. The highest BCUT2D eigenvalue weighted by Gasteiger charge is 2.13. The first kappa shape index (κ1) is 19.4. The van der Waals surface area contributed by atoms with Crippen LogP contribution in [0.4, 0.5) is 4.39 Å². The van der Waals surface area contributed by atoms with Crippen LogP contribution in [0.3, 0.4) is 0 Å². The van der Waals surface area contributed by atoms with Crippen LogP contribution in [-0.4, -0.2) is 37.2 Å². The summed E-state index contributed by atoms with van der Waals surface area (Å²) in [6.45, 7) is 2.58. The number of pyridine rings is 1. The maximum Gasteiger partial charge on any atom is 0.254 e. The highest BCUT2D eigenvalue weighted by molar-refractivity contribution is 5.94. The molecule has 0 unspecified atom stereocenters. The fraction of sp³-hybridized carbons (Fsp3) is 0.136. The normalized spacial score (nSPS) is 10.7. The first-order valence-electron chi connectivity index (χ1n) is 9.41. The van der Waals surface area contributed by atoms with Gasteiger partial charge in [-0.1, -0.05) is 0 Å². The van der Waals surface area contributed by atoms with E-state index in [-0.39, 0.29) is 11.7 Å². The number of halogens is 1. The van der Waals surface area contributed by atoms with Gasteiger partial charge in [0.2, 0.25) is 0 Å². The van der Waals surface area contributed by atoms with Crippen molar-refractivity contribution in [3.8, 4) is 22.5 Å². The Morgan fingerprint density at radius 1 is 1.10 bits per heavy atom. The van der Waals surface area contributed by atoms with Crippen molar-refractivity contribution in [2.45, 2.75) is 13.5 Å². The Morgan fingerprint density at radius 2 is 1.93 bits per heavy atom. The number of hydrogen-bond donors (Lipinski definition) is 1. The molecule has 0 atom stereocenters. The quantitative estimate of drug-likeness (QED) is 0.535. The molecule has 4 rings (SSSR count). The Balaban J connectivity index is 1.56. The summed E-state index contributed by atoms with van der Waals surface area (Å²) in [6, 6.07) is 11.9. The third-order valence-electron chi connectivity index (χ3n) is 4.64. The highest BCUT2D eigenvalue weighted by Crippen LogP contribution is 2.26. The van der Waals surface area contributed by atoms with Gasteiger partial charge in [0.15, 0.2) is 0 Å². The Bertz CT molecular complexity index is 1160. The van der Waals surface area contributed by atoms with Gasteiger partial charge < -0.3 is 5.32 Å². The monoisotopic (exact) mass is 402 g/mol. The first-order chi connectivity index (χ1) is 14.6. The summed E-state index contributed by atoms with van der Waals surface area (Å²) in [5.41, 5.74) is 4.34. The second-order valence-corrected chi connectivity index (χ2v) is 6.66. The molecule has 0 saturated heterocycles. The van der Waals surface area contributed by atoms with Gasteiger partial charge in [0.25, 0.3) is 5.91 Å².